The van der Waals surface area contributed by atoms with E-state index in [0.29, 0.717) is 11.4 Å². The molecule has 0 unspecified atom stereocenters. The first-order valence-corrected chi connectivity index (χ1v) is 14.3. The van der Waals surface area contributed by atoms with Crippen molar-refractivity contribution >= 4 is 27.5 Å². The summed E-state index contributed by atoms with van der Waals surface area (Å²) in [5.41, 5.74) is 0.517. The van der Waals surface area contributed by atoms with Crippen molar-refractivity contribution in [2.75, 3.05) is 39.2 Å². The number of benzene rings is 2. The number of hydrogen-bond donors (Lipinski definition) is 2. The van der Waals surface area contributed by atoms with Gasteiger partial charge < -0.3 is 24.8 Å². The minimum atomic E-state index is -3.86. The number of sulfonamides is 1. The molecular weight excluding hydrogens is 554 g/mol. The quantitative estimate of drug-likeness (QED) is 0.347. The second kappa shape index (κ2) is 12.6. The number of carbonyl (C=O) groups excluding carboxylic acids is 2. The fourth-order valence-electron chi connectivity index (χ4n) is 4.40. The van der Waals surface area contributed by atoms with Crippen LogP contribution in [-0.2, 0) is 21.4 Å². The molecule has 1 aromatic heterocycles. The Kier molecular flexibility index (Phi) is 9.20. The Morgan fingerprint density at radius 1 is 1.27 bits per heavy atom. The number of hydrogen-bond acceptors (Lipinski definition) is 10. The number of amides is 2. The van der Waals surface area contributed by atoms with Crippen molar-refractivity contribution in [2.24, 2.45) is 5.92 Å². The van der Waals surface area contributed by atoms with Crippen LogP contribution < -0.4 is 14.8 Å². The molecule has 0 aliphatic carbocycles. The van der Waals surface area contributed by atoms with Gasteiger partial charge in [-0.3, -0.25) is 9.59 Å². The normalized spacial score (nSPS) is 18.2. The number of rotatable bonds is 10. The van der Waals surface area contributed by atoms with Gasteiger partial charge in [0.15, 0.2) is 0 Å². The first-order valence-electron chi connectivity index (χ1n) is 12.9. The SMILES string of the molecule is COc1ccc(S(=O)(=O)N(C)C[C@H]2Oc3ccc(NC(=O)Cn4cnnn4)cc3C(=O)N([C@@H](C)CO)C[C@@H]2C)cc1. The second-order valence-corrected chi connectivity index (χ2v) is 11.9. The maximum Gasteiger partial charge on any atom is 0.258 e. The number of aromatic nitrogens is 4. The van der Waals surface area contributed by atoms with E-state index in [2.05, 4.69) is 20.8 Å². The number of aliphatic hydroxyl groups is 1. The Morgan fingerprint density at radius 3 is 2.63 bits per heavy atom. The fourth-order valence-corrected chi connectivity index (χ4v) is 5.58. The molecule has 2 aromatic carbocycles. The summed E-state index contributed by atoms with van der Waals surface area (Å²) in [5, 5.41) is 23.2. The molecule has 4 rings (SSSR count). The summed E-state index contributed by atoms with van der Waals surface area (Å²) in [4.78, 5) is 27.7. The van der Waals surface area contributed by atoms with Gasteiger partial charge >= 0.3 is 0 Å². The summed E-state index contributed by atoms with van der Waals surface area (Å²) in [7, 11) is -0.888. The molecule has 1 aliphatic heterocycles. The molecule has 3 aromatic rings. The zero-order valence-electron chi connectivity index (χ0n) is 23.2. The molecule has 14 nitrogen and oxygen atoms in total. The first-order chi connectivity index (χ1) is 19.5. The maximum atomic E-state index is 13.6. The van der Waals surface area contributed by atoms with Crippen LogP contribution in [-0.4, -0.2) is 101 Å². The number of methoxy groups -OCH3 is 1. The van der Waals surface area contributed by atoms with Crippen LogP contribution in [0.15, 0.2) is 53.7 Å². The van der Waals surface area contributed by atoms with Crippen LogP contribution in [0.5, 0.6) is 11.5 Å². The first kappa shape index (κ1) is 29.9. The van der Waals surface area contributed by atoms with Crippen molar-refractivity contribution in [2.45, 2.75) is 37.4 Å². The van der Waals surface area contributed by atoms with E-state index in [4.69, 9.17) is 9.47 Å². The van der Waals surface area contributed by atoms with Crippen LogP contribution in [0.4, 0.5) is 5.69 Å². The molecule has 15 heteroatoms. The van der Waals surface area contributed by atoms with Gasteiger partial charge in [-0.25, -0.2) is 13.1 Å². The van der Waals surface area contributed by atoms with E-state index in [1.165, 1.54) is 52.6 Å². The van der Waals surface area contributed by atoms with E-state index in [1.807, 2.05) is 6.92 Å². The topological polar surface area (TPSA) is 169 Å². The zero-order valence-corrected chi connectivity index (χ0v) is 24.0. The van der Waals surface area contributed by atoms with Gasteiger partial charge in [-0.1, -0.05) is 6.92 Å². The van der Waals surface area contributed by atoms with Crippen molar-refractivity contribution in [3.8, 4) is 11.5 Å². The largest absolute Gasteiger partial charge is 0.497 e. The van der Waals surface area contributed by atoms with Crippen LogP contribution in [0.1, 0.15) is 24.2 Å². The van der Waals surface area contributed by atoms with Crippen molar-refractivity contribution in [3.05, 3.63) is 54.4 Å². The highest BCUT2D eigenvalue weighted by molar-refractivity contribution is 7.89. The molecule has 0 saturated carbocycles. The summed E-state index contributed by atoms with van der Waals surface area (Å²) in [6, 6.07) is 10.2. The highest BCUT2D eigenvalue weighted by atomic mass is 32.2. The van der Waals surface area contributed by atoms with E-state index < -0.39 is 28.1 Å². The standard InChI is InChI=1S/C26H33N7O7S/c1-17-12-33(18(2)15-34)26(36)22-11-19(28-25(35)14-32-16-27-29-30-32)5-10-23(22)40-24(17)13-31(3)41(37,38)21-8-6-20(39-4)7-9-21/h5-11,16-18,24,34H,12-15H2,1-4H3,(H,28,35)/t17-,18-,24+/m0/s1. The van der Waals surface area contributed by atoms with Crippen LogP contribution in [0.3, 0.4) is 0 Å². The molecule has 2 heterocycles. The third-order valence-corrected chi connectivity index (χ3v) is 8.69. The fraction of sp³-hybridized carbons (Fsp3) is 0.423. The molecule has 0 saturated heterocycles. The van der Waals surface area contributed by atoms with Gasteiger partial charge in [0, 0.05) is 25.2 Å². The minimum Gasteiger partial charge on any atom is -0.497 e. The summed E-state index contributed by atoms with van der Waals surface area (Å²) < 4.78 is 40.5. The summed E-state index contributed by atoms with van der Waals surface area (Å²) >= 11 is 0. The van der Waals surface area contributed by atoms with Crippen LogP contribution in [0.2, 0.25) is 0 Å². The highest BCUT2D eigenvalue weighted by Gasteiger charge is 2.35. The lowest BCUT2D eigenvalue weighted by Crippen LogP contribution is -2.50. The minimum absolute atomic E-state index is 0.00503. The average Bonchev–Trinajstić information content (AvgIpc) is 3.47. The van der Waals surface area contributed by atoms with Crippen molar-refractivity contribution < 1.29 is 32.6 Å². The monoisotopic (exact) mass is 587 g/mol. The second-order valence-electron chi connectivity index (χ2n) is 9.85. The number of anilines is 1. The summed E-state index contributed by atoms with van der Waals surface area (Å²) in [6.07, 6.45) is 0.659. The molecule has 2 amide bonds. The van der Waals surface area contributed by atoms with Crippen LogP contribution in [0, 0.1) is 5.92 Å². The Hall–Kier alpha value is -4.08. The third kappa shape index (κ3) is 6.81. The number of tetrazole rings is 1. The Balaban J connectivity index is 1.61. The third-order valence-electron chi connectivity index (χ3n) is 6.85. The van der Waals surface area contributed by atoms with Gasteiger partial charge in [-0.05, 0) is 59.8 Å². The Labute approximate surface area is 237 Å². The summed E-state index contributed by atoms with van der Waals surface area (Å²) in [6.45, 7) is 3.39. The molecule has 0 spiro atoms. The van der Waals surface area contributed by atoms with Crippen LogP contribution in [0.25, 0.3) is 0 Å². The number of likely N-dealkylation sites (N-methyl/N-ethyl adjacent to an activating group) is 1. The van der Waals surface area contributed by atoms with Crippen molar-refractivity contribution in [1.29, 1.82) is 0 Å². The molecule has 0 radical (unpaired) electrons. The van der Waals surface area contributed by atoms with Crippen molar-refractivity contribution in [1.82, 2.24) is 29.4 Å². The van der Waals surface area contributed by atoms with E-state index in [-0.39, 0.29) is 54.3 Å². The zero-order chi connectivity index (χ0) is 29.7. The van der Waals surface area contributed by atoms with Crippen LogP contribution >= 0.6 is 0 Å². The molecule has 0 fully saturated rings. The van der Waals surface area contributed by atoms with Gasteiger partial charge in [0.25, 0.3) is 5.91 Å². The molecule has 1 aliphatic rings. The number of fused-ring (bicyclic) bond motifs is 1. The lowest BCUT2D eigenvalue weighted by molar-refractivity contribution is -0.116. The highest BCUT2D eigenvalue weighted by Crippen LogP contribution is 2.31. The molecule has 41 heavy (non-hydrogen) atoms. The summed E-state index contributed by atoms with van der Waals surface area (Å²) in [5.74, 6) is -0.328. The predicted octanol–water partition coefficient (Wildman–Crippen LogP) is 0.861. The molecule has 2 N–H and O–H groups in total. The van der Waals surface area contributed by atoms with Gasteiger partial charge in [0.05, 0.1) is 36.8 Å². The number of aliphatic hydroxyl groups excluding tert-OH is 1. The molecule has 3 atom stereocenters. The Bertz CT molecular complexity index is 1470. The number of nitrogens with one attached hydrogen (secondary N) is 1. The van der Waals surface area contributed by atoms with Gasteiger partial charge in [0.2, 0.25) is 15.9 Å². The van der Waals surface area contributed by atoms with Crippen molar-refractivity contribution in [3.63, 3.8) is 0 Å². The van der Waals surface area contributed by atoms with E-state index in [9.17, 15) is 23.1 Å². The number of nitrogens with zero attached hydrogens (tertiary/aromatic N) is 6. The average molecular weight is 588 g/mol. The van der Waals surface area contributed by atoms with Gasteiger partial charge in [-0.15, -0.1) is 5.10 Å². The van der Waals surface area contributed by atoms with Gasteiger partial charge in [-0.2, -0.15) is 4.31 Å². The van der Waals surface area contributed by atoms with Gasteiger partial charge in [0.1, 0.15) is 30.5 Å². The lowest BCUT2D eigenvalue weighted by atomic mass is 9.99. The number of ether oxygens (including phenoxy) is 2. The molecule has 220 valence electrons. The maximum absolute atomic E-state index is 13.6. The number of carbonyl (C=O) groups is 2. The van der Waals surface area contributed by atoms with E-state index >= 15 is 0 Å². The smallest absolute Gasteiger partial charge is 0.258 e. The molecule has 0 bridgehead atoms. The van der Waals surface area contributed by atoms with E-state index in [0.717, 1.165) is 0 Å². The lowest BCUT2D eigenvalue weighted by Gasteiger charge is -2.38. The van der Waals surface area contributed by atoms with E-state index in [1.54, 1.807) is 31.2 Å². The predicted molar refractivity (Wildman–Crippen MR) is 147 cm³/mol. The Morgan fingerprint density at radius 2 is 2.00 bits per heavy atom. The molecular formula is C26H33N7O7S.